The zero-order chi connectivity index (χ0) is 17.6. The highest BCUT2D eigenvalue weighted by Crippen LogP contribution is 2.10. The van der Waals surface area contributed by atoms with Gasteiger partial charge in [0.1, 0.15) is 0 Å². The summed E-state index contributed by atoms with van der Waals surface area (Å²) in [4.78, 5) is 25.0. The molecule has 0 aliphatic carbocycles. The minimum absolute atomic E-state index is 0. The summed E-state index contributed by atoms with van der Waals surface area (Å²) in [5, 5.41) is 3.36. The molecule has 1 amide bonds. The van der Waals surface area contributed by atoms with E-state index in [9.17, 15) is 4.79 Å². The maximum absolute atomic E-state index is 12.3. The Morgan fingerprint density at radius 3 is 2.58 bits per heavy atom. The van der Waals surface area contributed by atoms with Crippen LogP contribution in [-0.2, 0) is 6.54 Å². The van der Waals surface area contributed by atoms with Crippen molar-refractivity contribution in [3.63, 3.8) is 0 Å². The van der Waals surface area contributed by atoms with Crippen LogP contribution in [0.1, 0.15) is 21.8 Å². The minimum Gasteiger partial charge on any atom is -0.459 e. The van der Waals surface area contributed by atoms with Crippen LogP contribution in [0.4, 0.5) is 0 Å². The number of guanidine groups is 1. The molecular formula is C18H24IN5O2. The highest BCUT2D eigenvalue weighted by molar-refractivity contribution is 14.0. The van der Waals surface area contributed by atoms with E-state index in [2.05, 4.69) is 20.2 Å². The van der Waals surface area contributed by atoms with Crippen LogP contribution >= 0.6 is 24.0 Å². The van der Waals surface area contributed by atoms with Gasteiger partial charge in [-0.05, 0) is 30.7 Å². The average Bonchev–Trinajstić information content (AvgIpc) is 3.18. The summed E-state index contributed by atoms with van der Waals surface area (Å²) >= 11 is 0. The van der Waals surface area contributed by atoms with Gasteiger partial charge in [-0.15, -0.1) is 24.0 Å². The largest absolute Gasteiger partial charge is 0.459 e. The second kappa shape index (κ2) is 9.56. The first kappa shape index (κ1) is 20.2. The van der Waals surface area contributed by atoms with Crippen LogP contribution in [0.5, 0.6) is 0 Å². The number of nitrogens with zero attached hydrogens (tertiary/aromatic N) is 4. The minimum atomic E-state index is -0.0586. The molecule has 1 saturated heterocycles. The third kappa shape index (κ3) is 4.75. The van der Waals surface area contributed by atoms with Gasteiger partial charge in [-0.2, -0.15) is 0 Å². The summed E-state index contributed by atoms with van der Waals surface area (Å²) in [5.41, 5.74) is 2.16. The number of amides is 1. The molecule has 26 heavy (non-hydrogen) atoms. The van der Waals surface area contributed by atoms with Crippen molar-refractivity contribution < 1.29 is 9.21 Å². The Kier molecular flexibility index (Phi) is 7.43. The molecule has 140 valence electrons. The standard InChI is InChI=1S/C18H23N5O2.HI/c1-14-5-3-7-20-15(14)13-21-18(19-2)23-10-8-22(9-11-23)17(24)16-6-4-12-25-16;/h3-7,12H,8-11,13H2,1-2H3,(H,19,21);1H. The van der Waals surface area contributed by atoms with Crippen LogP contribution in [0.2, 0.25) is 0 Å². The Morgan fingerprint density at radius 2 is 1.96 bits per heavy atom. The van der Waals surface area contributed by atoms with Crippen LogP contribution in [0.25, 0.3) is 0 Å². The summed E-state index contributed by atoms with van der Waals surface area (Å²) < 4.78 is 5.19. The van der Waals surface area contributed by atoms with E-state index in [0.29, 0.717) is 25.4 Å². The second-order valence-corrected chi connectivity index (χ2v) is 5.92. The quantitative estimate of drug-likeness (QED) is 0.424. The number of hydrogen-bond donors (Lipinski definition) is 1. The van der Waals surface area contributed by atoms with E-state index in [1.165, 1.54) is 6.26 Å². The lowest BCUT2D eigenvalue weighted by atomic mass is 10.2. The molecule has 0 spiro atoms. The maximum atomic E-state index is 12.3. The molecule has 0 atom stereocenters. The predicted octanol–water partition coefficient (Wildman–Crippen LogP) is 2.13. The summed E-state index contributed by atoms with van der Waals surface area (Å²) in [6.45, 7) is 5.42. The molecule has 1 aliphatic heterocycles. The number of rotatable bonds is 3. The molecule has 0 radical (unpaired) electrons. The Bertz CT molecular complexity index is 740. The van der Waals surface area contributed by atoms with Gasteiger partial charge in [0.05, 0.1) is 18.5 Å². The van der Waals surface area contributed by atoms with E-state index in [4.69, 9.17) is 4.42 Å². The van der Waals surface area contributed by atoms with E-state index in [0.717, 1.165) is 30.3 Å². The summed E-state index contributed by atoms with van der Waals surface area (Å²) in [6.07, 6.45) is 3.32. The monoisotopic (exact) mass is 469 g/mol. The lowest BCUT2D eigenvalue weighted by molar-refractivity contribution is 0.0657. The second-order valence-electron chi connectivity index (χ2n) is 5.92. The number of piperazine rings is 1. The first-order valence-corrected chi connectivity index (χ1v) is 8.38. The third-order valence-corrected chi connectivity index (χ3v) is 4.34. The smallest absolute Gasteiger partial charge is 0.289 e. The Morgan fingerprint density at radius 1 is 1.23 bits per heavy atom. The topological polar surface area (TPSA) is 74.0 Å². The van der Waals surface area contributed by atoms with Crippen molar-refractivity contribution >= 4 is 35.8 Å². The van der Waals surface area contributed by atoms with Gasteiger partial charge in [-0.1, -0.05) is 6.07 Å². The molecule has 1 fully saturated rings. The summed E-state index contributed by atoms with van der Waals surface area (Å²) in [7, 11) is 1.77. The molecular weight excluding hydrogens is 445 g/mol. The van der Waals surface area contributed by atoms with Gasteiger partial charge < -0.3 is 19.5 Å². The van der Waals surface area contributed by atoms with Crippen LogP contribution < -0.4 is 5.32 Å². The van der Waals surface area contributed by atoms with Crippen molar-refractivity contribution in [3.8, 4) is 0 Å². The van der Waals surface area contributed by atoms with E-state index in [-0.39, 0.29) is 29.9 Å². The number of furan rings is 1. The number of carbonyl (C=O) groups is 1. The fraction of sp³-hybridized carbons (Fsp3) is 0.389. The van der Waals surface area contributed by atoms with Crippen molar-refractivity contribution in [2.24, 2.45) is 4.99 Å². The lowest BCUT2D eigenvalue weighted by Gasteiger charge is -2.36. The number of halogens is 1. The van der Waals surface area contributed by atoms with Crippen molar-refractivity contribution in [1.82, 2.24) is 20.1 Å². The molecule has 3 rings (SSSR count). The SMILES string of the molecule is CN=C(NCc1ncccc1C)N1CCN(C(=O)c2ccco2)CC1.I. The molecule has 3 heterocycles. The predicted molar refractivity (Wildman–Crippen MR) is 111 cm³/mol. The molecule has 8 heteroatoms. The fourth-order valence-electron chi connectivity index (χ4n) is 2.88. The van der Waals surface area contributed by atoms with Gasteiger partial charge in [0.15, 0.2) is 11.7 Å². The van der Waals surface area contributed by atoms with Crippen molar-refractivity contribution in [2.45, 2.75) is 13.5 Å². The lowest BCUT2D eigenvalue weighted by Crippen LogP contribution is -2.53. The summed E-state index contributed by atoms with van der Waals surface area (Å²) in [6, 6.07) is 7.41. The molecule has 7 nitrogen and oxygen atoms in total. The van der Waals surface area contributed by atoms with E-state index >= 15 is 0 Å². The van der Waals surface area contributed by atoms with Gasteiger partial charge in [-0.3, -0.25) is 14.8 Å². The van der Waals surface area contributed by atoms with E-state index in [1.54, 1.807) is 25.4 Å². The number of aryl methyl sites for hydroxylation is 1. The Labute approximate surface area is 170 Å². The number of aromatic nitrogens is 1. The van der Waals surface area contributed by atoms with Gasteiger partial charge in [-0.25, -0.2) is 0 Å². The zero-order valence-corrected chi connectivity index (χ0v) is 17.3. The molecule has 0 aromatic carbocycles. The van der Waals surface area contributed by atoms with Crippen molar-refractivity contribution in [1.29, 1.82) is 0 Å². The summed E-state index contributed by atoms with van der Waals surface area (Å²) in [5.74, 6) is 1.16. The van der Waals surface area contributed by atoms with Gasteiger partial charge in [0.2, 0.25) is 0 Å². The fourth-order valence-corrected chi connectivity index (χ4v) is 2.88. The first-order valence-electron chi connectivity index (χ1n) is 8.38. The zero-order valence-electron chi connectivity index (χ0n) is 15.0. The third-order valence-electron chi connectivity index (χ3n) is 4.34. The van der Waals surface area contributed by atoms with Crippen LogP contribution in [-0.4, -0.2) is 59.9 Å². The van der Waals surface area contributed by atoms with Gasteiger partial charge >= 0.3 is 0 Å². The van der Waals surface area contributed by atoms with Crippen molar-refractivity contribution in [2.75, 3.05) is 33.2 Å². The number of hydrogen-bond acceptors (Lipinski definition) is 4. The van der Waals surface area contributed by atoms with Crippen molar-refractivity contribution in [3.05, 3.63) is 53.7 Å². The van der Waals surface area contributed by atoms with Crippen LogP contribution in [0, 0.1) is 6.92 Å². The molecule has 0 saturated carbocycles. The number of aliphatic imine (C=N–C) groups is 1. The number of carbonyl (C=O) groups excluding carboxylic acids is 1. The first-order chi connectivity index (χ1) is 12.2. The number of nitrogens with one attached hydrogen (secondary N) is 1. The van der Waals surface area contributed by atoms with Crippen LogP contribution in [0.15, 0.2) is 46.1 Å². The molecule has 0 unspecified atom stereocenters. The molecule has 2 aromatic heterocycles. The normalized spacial score (nSPS) is 14.8. The van der Waals surface area contributed by atoms with E-state index < -0.39 is 0 Å². The molecule has 0 bridgehead atoms. The molecule has 1 aliphatic rings. The molecule has 1 N–H and O–H groups in total. The molecule has 2 aromatic rings. The Hall–Kier alpha value is -2.10. The van der Waals surface area contributed by atoms with E-state index in [1.807, 2.05) is 24.0 Å². The highest BCUT2D eigenvalue weighted by Gasteiger charge is 2.25. The average molecular weight is 469 g/mol. The van der Waals surface area contributed by atoms with Gasteiger partial charge in [0.25, 0.3) is 5.91 Å². The van der Waals surface area contributed by atoms with Crippen LogP contribution in [0.3, 0.4) is 0 Å². The highest BCUT2D eigenvalue weighted by atomic mass is 127. The Balaban J connectivity index is 0.00000243. The maximum Gasteiger partial charge on any atom is 0.289 e. The number of pyridine rings is 1. The van der Waals surface area contributed by atoms with Gasteiger partial charge in [0, 0.05) is 39.4 Å².